The molecule has 0 bridgehead atoms. The van der Waals surface area contributed by atoms with Crippen molar-refractivity contribution < 1.29 is 69.3 Å². The van der Waals surface area contributed by atoms with E-state index >= 15 is 0 Å². The van der Waals surface area contributed by atoms with Gasteiger partial charge in [0.25, 0.3) is 0 Å². The summed E-state index contributed by atoms with van der Waals surface area (Å²) in [5.74, 6) is -2.00. The second-order valence-electron chi connectivity index (χ2n) is 10.1. The highest BCUT2D eigenvalue weighted by molar-refractivity contribution is 5.88. The van der Waals surface area contributed by atoms with Gasteiger partial charge in [0.2, 0.25) is 17.5 Å². The van der Waals surface area contributed by atoms with Crippen LogP contribution in [-0.4, -0.2) is 114 Å². The fourth-order valence-corrected chi connectivity index (χ4v) is 4.89. The molecule has 2 saturated heterocycles. The lowest BCUT2D eigenvalue weighted by atomic mass is 9.97. The summed E-state index contributed by atoms with van der Waals surface area (Å²) in [7, 11) is 0. The van der Waals surface area contributed by atoms with Gasteiger partial charge in [-0.3, -0.25) is 4.79 Å². The molecule has 2 fully saturated rings. The highest BCUT2D eigenvalue weighted by atomic mass is 16.7. The molecule has 5 rings (SSSR count). The first-order valence-electron chi connectivity index (χ1n) is 12.9. The molecule has 42 heavy (non-hydrogen) atoms. The first-order valence-corrected chi connectivity index (χ1v) is 12.9. The Morgan fingerprint density at radius 3 is 2.17 bits per heavy atom. The Morgan fingerprint density at radius 1 is 0.810 bits per heavy atom. The number of ether oxygens (including phenoxy) is 4. The molecule has 2 aliphatic rings. The smallest absolute Gasteiger partial charge is 0.239 e. The zero-order valence-corrected chi connectivity index (χ0v) is 21.9. The molecule has 10 unspecified atom stereocenters. The SMILES string of the molecule is CC1OC(OC2C(O)C(CO)OC(Oc3c(-c4ccc(O)cc4)oc4cc(O)cc(O)c4c3=O)C2O)C(O)C(O)C1O. The quantitative estimate of drug-likeness (QED) is 0.159. The van der Waals surface area contributed by atoms with Crippen LogP contribution in [0.1, 0.15) is 6.92 Å². The van der Waals surface area contributed by atoms with Crippen LogP contribution < -0.4 is 10.2 Å². The Labute approximate surface area is 236 Å². The van der Waals surface area contributed by atoms with Crippen LogP contribution in [0.2, 0.25) is 0 Å². The summed E-state index contributed by atoms with van der Waals surface area (Å²) < 4.78 is 28.1. The number of benzene rings is 2. The molecule has 3 aromatic rings. The predicted molar refractivity (Wildman–Crippen MR) is 139 cm³/mol. The molecular formula is C27H30O15. The van der Waals surface area contributed by atoms with Crippen molar-refractivity contribution in [2.45, 2.75) is 68.3 Å². The molecule has 0 aliphatic carbocycles. The maximum absolute atomic E-state index is 13.6. The van der Waals surface area contributed by atoms with E-state index in [-0.39, 0.29) is 28.0 Å². The average molecular weight is 595 g/mol. The first kappa shape index (κ1) is 30.0. The minimum atomic E-state index is -1.92. The van der Waals surface area contributed by atoms with Gasteiger partial charge >= 0.3 is 0 Å². The van der Waals surface area contributed by atoms with Crippen molar-refractivity contribution in [1.82, 2.24) is 0 Å². The first-order chi connectivity index (χ1) is 19.9. The largest absolute Gasteiger partial charge is 0.508 e. The molecule has 2 aliphatic heterocycles. The van der Waals surface area contributed by atoms with Gasteiger partial charge in [0.05, 0.1) is 12.7 Å². The average Bonchev–Trinajstić information content (AvgIpc) is 2.95. The minimum Gasteiger partial charge on any atom is -0.508 e. The topological polar surface area (TPSA) is 249 Å². The molecule has 3 heterocycles. The van der Waals surface area contributed by atoms with Gasteiger partial charge in [-0.25, -0.2) is 0 Å². The Balaban J connectivity index is 1.54. The lowest BCUT2D eigenvalue weighted by molar-refractivity contribution is -0.349. The van der Waals surface area contributed by atoms with Gasteiger partial charge < -0.3 is 69.3 Å². The van der Waals surface area contributed by atoms with Crippen LogP contribution in [0.5, 0.6) is 23.0 Å². The van der Waals surface area contributed by atoms with E-state index in [0.29, 0.717) is 0 Å². The zero-order chi connectivity index (χ0) is 30.5. The number of hydrogen-bond donors (Lipinski definition) is 9. The normalized spacial score (nSPS) is 33.5. The summed E-state index contributed by atoms with van der Waals surface area (Å²) in [6, 6.07) is 7.32. The van der Waals surface area contributed by atoms with E-state index in [1.807, 2.05) is 0 Å². The maximum atomic E-state index is 13.6. The standard InChI is InChI=1S/C27H30O15/c1-9-17(32)20(35)21(36)26(38-9)41-24-18(33)15(8-28)40-27(22(24)37)42-25-19(34)16-13(31)6-12(30)7-14(16)39-23(25)10-2-4-11(29)5-3-10/h2-7,9,15,17-18,20-22,24,26-33,35-37H,8H2,1H3. The van der Waals surface area contributed by atoms with Crippen molar-refractivity contribution in [2.24, 2.45) is 0 Å². The Morgan fingerprint density at radius 2 is 1.50 bits per heavy atom. The fourth-order valence-electron chi connectivity index (χ4n) is 4.89. The minimum absolute atomic E-state index is 0.107. The Hall–Kier alpha value is -3.51. The van der Waals surface area contributed by atoms with E-state index in [0.717, 1.165) is 12.1 Å². The summed E-state index contributed by atoms with van der Waals surface area (Å²) in [6.07, 6.45) is -16.2. The van der Waals surface area contributed by atoms with Gasteiger partial charge in [0, 0.05) is 17.7 Å². The van der Waals surface area contributed by atoms with Crippen LogP contribution >= 0.6 is 0 Å². The predicted octanol–water partition coefficient (Wildman–Crippen LogP) is -1.39. The molecule has 9 N–H and O–H groups in total. The number of phenolic OH excluding ortho intramolecular Hbond substituents is 3. The van der Waals surface area contributed by atoms with Gasteiger partial charge in [-0.15, -0.1) is 0 Å². The third kappa shape index (κ3) is 5.37. The summed E-state index contributed by atoms with van der Waals surface area (Å²) in [4.78, 5) is 13.6. The number of rotatable bonds is 6. The van der Waals surface area contributed by atoms with Crippen LogP contribution in [0.25, 0.3) is 22.3 Å². The van der Waals surface area contributed by atoms with Gasteiger partial charge in [0.15, 0.2) is 12.1 Å². The second-order valence-corrected chi connectivity index (χ2v) is 10.1. The molecule has 10 atom stereocenters. The van der Waals surface area contributed by atoms with Crippen LogP contribution in [0.4, 0.5) is 0 Å². The number of fused-ring (bicyclic) bond motifs is 1. The number of aliphatic hydroxyl groups excluding tert-OH is 6. The van der Waals surface area contributed by atoms with E-state index in [1.165, 1.54) is 31.2 Å². The summed E-state index contributed by atoms with van der Waals surface area (Å²) in [5, 5.41) is 91.9. The van der Waals surface area contributed by atoms with Crippen LogP contribution in [0.15, 0.2) is 45.6 Å². The van der Waals surface area contributed by atoms with Gasteiger partial charge in [0.1, 0.15) is 70.9 Å². The highest BCUT2D eigenvalue weighted by Crippen LogP contribution is 2.38. The van der Waals surface area contributed by atoms with Crippen molar-refractivity contribution in [2.75, 3.05) is 6.61 Å². The van der Waals surface area contributed by atoms with Crippen molar-refractivity contribution >= 4 is 11.0 Å². The molecule has 15 nitrogen and oxygen atoms in total. The van der Waals surface area contributed by atoms with Gasteiger partial charge in [-0.05, 0) is 31.2 Å². The van der Waals surface area contributed by atoms with E-state index in [1.54, 1.807) is 0 Å². The molecule has 1 aromatic heterocycles. The van der Waals surface area contributed by atoms with Crippen molar-refractivity contribution in [3.63, 3.8) is 0 Å². The molecular weight excluding hydrogens is 564 g/mol. The van der Waals surface area contributed by atoms with E-state index < -0.39 is 90.7 Å². The van der Waals surface area contributed by atoms with Crippen molar-refractivity contribution in [3.05, 3.63) is 46.6 Å². The summed E-state index contributed by atoms with van der Waals surface area (Å²) >= 11 is 0. The van der Waals surface area contributed by atoms with Crippen LogP contribution in [0.3, 0.4) is 0 Å². The summed E-state index contributed by atoms with van der Waals surface area (Å²) in [5.41, 5.74) is -0.975. The molecule has 0 radical (unpaired) electrons. The highest BCUT2D eigenvalue weighted by Gasteiger charge is 2.51. The van der Waals surface area contributed by atoms with E-state index in [9.17, 15) is 50.8 Å². The molecule has 0 spiro atoms. The number of hydrogen-bond acceptors (Lipinski definition) is 15. The third-order valence-corrected chi connectivity index (χ3v) is 7.20. The van der Waals surface area contributed by atoms with E-state index in [4.69, 9.17) is 23.4 Å². The number of aliphatic hydroxyl groups is 6. The Kier molecular flexibility index (Phi) is 8.30. The fraction of sp³-hybridized carbons (Fsp3) is 0.444. The maximum Gasteiger partial charge on any atom is 0.239 e. The van der Waals surface area contributed by atoms with Crippen molar-refractivity contribution in [3.8, 4) is 34.3 Å². The lowest BCUT2D eigenvalue weighted by Gasteiger charge is -2.45. The Bertz CT molecular complexity index is 1470. The molecule has 0 amide bonds. The lowest BCUT2D eigenvalue weighted by Crippen LogP contribution is -2.64. The molecule has 228 valence electrons. The van der Waals surface area contributed by atoms with Crippen LogP contribution in [0, 0.1) is 0 Å². The third-order valence-electron chi connectivity index (χ3n) is 7.20. The van der Waals surface area contributed by atoms with Gasteiger partial charge in [-0.1, -0.05) is 0 Å². The monoisotopic (exact) mass is 594 g/mol. The zero-order valence-electron chi connectivity index (χ0n) is 21.9. The van der Waals surface area contributed by atoms with Gasteiger partial charge in [-0.2, -0.15) is 0 Å². The molecule has 2 aromatic carbocycles. The summed E-state index contributed by atoms with van der Waals surface area (Å²) in [6.45, 7) is 0.588. The molecule has 15 heteroatoms. The number of aromatic hydroxyl groups is 3. The van der Waals surface area contributed by atoms with E-state index in [2.05, 4.69) is 0 Å². The second kappa shape index (κ2) is 11.6. The molecule has 0 saturated carbocycles. The number of phenols is 3. The van der Waals surface area contributed by atoms with Crippen LogP contribution in [-0.2, 0) is 14.2 Å². The van der Waals surface area contributed by atoms with Crippen molar-refractivity contribution in [1.29, 1.82) is 0 Å².